The van der Waals surface area contributed by atoms with Gasteiger partial charge in [0.05, 0.1) is 6.43 Å². The van der Waals surface area contributed by atoms with Crippen molar-refractivity contribution in [1.82, 2.24) is 0 Å². The Hall–Kier alpha value is 0.300. The van der Waals surface area contributed by atoms with Gasteiger partial charge in [-0.25, -0.2) is 8.78 Å². The Labute approximate surface area is 113 Å². The fourth-order valence-electron chi connectivity index (χ4n) is 0.553. The SMILES string of the molecule is O=S(=O)=O.OCCCCC(F)(F)[C-](F)F.[Na+]. The normalized spacial score (nSPS) is 10.1. The van der Waals surface area contributed by atoms with Crippen LogP contribution in [-0.4, -0.2) is 30.3 Å². The number of unbranched alkanes of at least 4 members (excludes halogenated alkanes) is 1. The average Bonchev–Trinajstić information content (AvgIpc) is 2.03. The van der Waals surface area contributed by atoms with Crippen LogP contribution in [0.15, 0.2) is 0 Å². The van der Waals surface area contributed by atoms with Crippen LogP contribution in [0.5, 0.6) is 0 Å². The molecule has 1 N–H and O–H groups in total. The van der Waals surface area contributed by atoms with Crippen molar-refractivity contribution in [3.05, 3.63) is 6.43 Å². The fourth-order valence-corrected chi connectivity index (χ4v) is 0.553. The molecule has 0 saturated carbocycles. The molecule has 0 saturated heterocycles. The number of aliphatic hydroxyl groups is 1. The zero-order chi connectivity index (χ0) is 12.5. The van der Waals surface area contributed by atoms with E-state index in [-0.39, 0.29) is 49.0 Å². The monoisotopic (exact) mass is 276 g/mol. The van der Waals surface area contributed by atoms with Crippen LogP contribution in [0.25, 0.3) is 0 Å². The molecule has 4 nitrogen and oxygen atoms in total. The van der Waals surface area contributed by atoms with E-state index < -0.39 is 29.4 Å². The molecule has 16 heavy (non-hydrogen) atoms. The van der Waals surface area contributed by atoms with E-state index >= 15 is 0 Å². The van der Waals surface area contributed by atoms with Gasteiger partial charge in [-0.05, 0) is 19.3 Å². The Morgan fingerprint density at radius 3 is 1.75 bits per heavy atom. The summed E-state index contributed by atoms with van der Waals surface area (Å²) in [5.74, 6) is -3.98. The number of halogens is 4. The predicted octanol–water partition coefficient (Wildman–Crippen LogP) is -1.79. The van der Waals surface area contributed by atoms with Gasteiger partial charge in [-0.1, -0.05) is 0 Å². The average molecular weight is 276 g/mol. The first kappa shape index (κ1) is 21.6. The summed E-state index contributed by atoms with van der Waals surface area (Å²) in [4.78, 5) is 0. The molecular formula is C6H9F4NaO4S. The van der Waals surface area contributed by atoms with Crippen molar-refractivity contribution < 1.29 is 64.9 Å². The van der Waals surface area contributed by atoms with Crippen molar-refractivity contribution in [2.24, 2.45) is 0 Å². The van der Waals surface area contributed by atoms with Gasteiger partial charge in [0, 0.05) is 6.61 Å². The van der Waals surface area contributed by atoms with Crippen molar-refractivity contribution in [3.8, 4) is 0 Å². The third-order valence-electron chi connectivity index (χ3n) is 1.18. The van der Waals surface area contributed by atoms with Gasteiger partial charge in [-0.2, -0.15) is 0 Å². The Morgan fingerprint density at radius 1 is 1.12 bits per heavy atom. The van der Waals surface area contributed by atoms with Gasteiger partial charge in [0.2, 0.25) is 0 Å². The van der Waals surface area contributed by atoms with E-state index in [9.17, 15) is 17.6 Å². The van der Waals surface area contributed by atoms with Gasteiger partial charge in [0.1, 0.15) is 0 Å². The zero-order valence-corrected chi connectivity index (χ0v) is 11.2. The molecule has 0 heterocycles. The van der Waals surface area contributed by atoms with Crippen LogP contribution in [0.2, 0.25) is 0 Å². The standard InChI is InChI=1S/C6H9F4O.Na.O3S/c7-5(8)6(9,10)3-1-2-4-11;;1-4(2)3/h11H,1-4H2;;/q-1;+1;. The fraction of sp³-hybridized carbons (Fsp3) is 0.833. The first-order valence-electron chi connectivity index (χ1n) is 3.68. The number of hydrogen-bond acceptors (Lipinski definition) is 4. The number of hydrogen-bond donors (Lipinski definition) is 1. The molecule has 0 aliphatic rings. The molecule has 0 amide bonds. The van der Waals surface area contributed by atoms with E-state index in [2.05, 4.69) is 0 Å². The second-order valence-corrected chi connectivity index (χ2v) is 2.76. The summed E-state index contributed by atoms with van der Waals surface area (Å²) in [5.41, 5.74) is 0. The second kappa shape index (κ2) is 11.8. The van der Waals surface area contributed by atoms with Crippen molar-refractivity contribution >= 4 is 10.6 Å². The van der Waals surface area contributed by atoms with Crippen LogP contribution in [-0.2, 0) is 10.6 Å². The maximum absolute atomic E-state index is 12.0. The van der Waals surface area contributed by atoms with Crippen LogP contribution >= 0.6 is 0 Å². The van der Waals surface area contributed by atoms with Crippen LogP contribution < -0.4 is 29.6 Å². The van der Waals surface area contributed by atoms with Crippen LogP contribution in [0.3, 0.4) is 0 Å². The quantitative estimate of drug-likeness (QED) is 0.279. The van der Waals surface area contributed by atoms with Gasteiger partial charge < -0.3 is 13.9 Å². The van der Waals surface area contributed by atoms with Gasteiger partial charge in [0.15, 0.2) is 5.92 Å². The largest absolute Gasteiger partial charge is 1.00 e. The summed E-state index contributed by atoms with van der Waals surface area (Å²) in [6.45, 7) is -0.246. The van der Waals surface area contributed by atoms with Crippen LogP contribution in [0, 0.1) is 6.43 Å². The minimum Gasteiger partial charge on any atom is -0.415 e. The molecule has 0 aromatic carbocycles. The maximum Gasteiger partial charge on any atom is 1.00 e. The molecule has 0 aromatic heterocycles. The summed E-state index contributed by atoms with van der Waals surface area (Å²) in [5, 5.41) is 8.16. The van der Waals surface area contributed by atoms with E-state index in [1.54, 1.807) is 0 Å². The first-order valence-corrected chi connectivity index (χ1v) is 4.68. The molecule has 0 aliphatic carbocycles. The molecule has 0 unspecified atom stereocenters. The van der Waals surface area contributed by atoms with Crippen LogP contribution in [0.1, 0.15) is 19.3 Å². The third kappa shape index (κ3) is 16.7. The Kier molecular flexibility index (Phi) is 15.9. The molecule has 0 atom stereocenters. The maximum atomic E-state index is 12.0. The molecule has 92 valence electrons. The van der Waals surface area contributed by atoms with Crippen molar-refractivity contribution in [2.45, 2.75) is 25.2 Å². The van der Waals surface area contributed by atoms with Gasteiger partial charge in [0.25, 0.3) is 0 Å². The van der Waals surface area contributed by atoms with E-state index in [0.717, 1.165) is 0 Å². The van der Waals surface area contributed by atoms with Crippen molar-refractivity contribution in [2.75, 3.05) is 6.61 Å². The van der Waals surface area contributed by atoms with Gasteiger partial charge in [-0.3, -0.25) is 0 Å². The van der Waals surface area contributed by atoms with Crippen LogP contribution in [0.4, 0.5) is 17.6 Å². The summed E-state index contributed by atoms with van der Waals surface area (Å²) in [6.07, 6.45) is -3.71. The molecule has 0 aliphatic heterocycles. The molecule has 0 spiro atoms. The summed E-state index contributed by atoms with van der Waals surface area (Å²) in [7, 11) is -3.11. The van der Waals surface area contributed by atoms with Gasteiger partial charge in [-0.15, -0.1) is 12.6 Å². The van der Waals surface area contributed by atoms with E-state index in [0.29, 0.717) is 0 Å². The Balaban J connectivity index is -0.000000292. The third-order valence-corrected chi connectivity index (χ3v) is 1.18. The molecule has 0 fully saturated rings. The van der Waals surface area contributed by atoms with E-state index in [1.807, 2.05) is 0 Å². The summed E-state index contributed by atoms with van der Waals surface area (Å²) in [6, 6.07) is 0. The number of rotatable bonds is 5. The minimum absolute atomic E-state index is 0. The second-order valence-electron chi connectivity index (χ2n) is 2.35. The minimum atomic E-state index is -3.98. The van der Waals surface area contributed by atoms with E-state index in [4.69, 9.17) is 17.7 Å². The Bertz CT molecular complexity index is 248. The summed E-state index contributed by atoms with van der Waals surface area (Å²) < 4.78 is 72.0. The molecular weight excluding hydrogens is 267 g/mol. The van der Waals surface area contributed by atoms with Crippen molar-refractivity contribution in [3.63, 3.8) is 0 Å². The zero-order valence-electron chi connectivity index (χ0n) is 8.42. The number of aliphatic hydroxyl groups excluding tert-OH is 1. The molecule has 0 aromatic rings. The number of alkyl halides is 2. The first-order chi connectivity index (χ1) is 6.74. The van der Waals surface area contributed by atoms with Gasteiger partial charge >= 0.3 is 40.2 Å². The molecule has 0 radical (unpaired) electrons. The molecule has 10 heteroatoms. The summed E-state index contributed by atoms with van der Waals surface area (Å²) >= 11 is 0. The predicted molar refractivity (Wildman–Crippen MR) is 41.0 cm³/mol. The Morgan fingerprint density at radius 2 is 1.50 bits per heavy atom. The van der Waals surface area contributed by atoms with E-state index in [1.165, 1.54) is 0 Å². The molecule has 0 bridgehead atoms. The van der Waals surface area contributed by atoms with Crippen molar-refractivity contribution in [1.29, 1.82) is 0 Å². The smallest absolute Gasteiger partial charge is 0.415 e. The molecule has 0 rings (SSSR count). The topological polar surface area (TPSA) is 71.4 Å².